The van der Waals surface area contributed by atoms with E-state index in [1.165, 1.54) is 10.4 Å². The molecule has 1 aromatic heterocycles. The molecule has 0 radical (unpaired) electrons. The van der Waals surface area contributed by atoms with Gasteiger partial charge in [-0.15, -0.1) is 0 Å². The second-order valence-electron chi connectivity index (χ2n) is 4.09. The molecule has 0 unspecified atom stereocenters. The fourth-order valence-electron chi connectivity index (χ4n) is 2.10. The van der Waals surface area contributed by atoms with Crippen molar-refractivity contribution in [2.45, 2.75) is 18.9 Å². The standard InChI is InChI=1S/C9H14N4O3S/c1-17(15,16)13-4-2-3-7(13)6-5-8(14)12-9(10)11-6/h5,7H,2-4H2,1H3,(H3,10,11,12,14)/t7-/m0/s1. The minimum Gasteiger partial charge on any atom is -0.369 e. The molecule has 1 aliphatic rings. The van der Waals surface area contributed by atoms with Gasteiger partial charge < -0.3 is 5.73 Å². The zero-order chi connectivity index (χ0) is 12.6. The van der Waals surface area contributed by atoms with Gasteiger partial charge in [0.25, 0.3) is 5.56 Å². The van der Waals surface area contributed by atoms with E-state index < -0.39 is 10.0 Å². The van der Waals surface area contributed by atoms with Crippen LogP contribution < -0.4 is 11.3 Å². The molecule has 0 bridgehead atoms. The first-order valence-corrected chi connectivity index (χ1v) is 7.06. The Morgan fingerprint density at radius 2 is 2.29 bits per heavy atom. The second kappa shape index (κ2) is 4.11. The minimum atomic E-state index is -3.29. The van der Waals surface area contributed by atoms with E-state index in [4.69, 9.17) is 5.73 Å². The molecule has 1 saturated heterocycles. The first kappa shape index (κ1) is 12.1. The van der Waals surface area contributed by atoms with Crippen LogP contribution in [0.2, 0.25) is 0 Å². The molecule has 0 aromatic carbocycles. The number of aromatic nitrogens is 2. The third kappa shape index (κ3) is 2.47. The number of anilines is 1. The summed E-state index contributed by atoms with van der Waals surface area (Å²) < 4.78 is 24.5. The highest BCUT2D eigenvalue weighted by atomic mass is 32.2. The van der Waals surface area contributed by atoms with E-state index in [-0.39, 0.29) is 17.5 Å². The molecule has 8 heteroatoms. The van der Waals surface area contributed by atoms with Gasteiger partial charge in [0, 0.05) is 12.6 Å². The number of nitrogens with one attached hydrogen (secondary N) is 1. The van der Waals surface area contributed by atoms with Gasteiger partial charge >= 0.3 is 0 Å². The molecule has 0 saturated carbocycles. The van der Waals surface area contributed by atoms with E-state index in [0.29, 0.717) is 18.7 Å². The summed E-state index contributed by atoms with van der Waals surface area (Å²) in [5.74, 6) is 0.00727. The van der Waals surface area contributed by atoms with Crippen LogP contribution in [0.25, 0.3) is 0 Å². The Kier molecular flexibility index (Phi) is 2.92. The first-order valence-electron chi connectivity index (χ1n) is 5.21. The maximum atomic E-state index is 11.6. The van der Waals surface area contributed by atoms with Gasteiger partial charge in [-0.3, -0.25) is 9.78 Å². The lowest BCUT2D eigenvalue weighted by molar-refractivity contribution is 0.393. The highest BCUT2D eigenvalue weighted by molar-refractivity contribution is 7.88. The molecule has 0 aliphatic carbocycles. The third-order valence-electron chi connectivity index (χ3n) is 2.75. The molecule has 1 atom stereocenters. The lowest BCUT2D eigenvalue weighted by atomic mass is 10.1. The first-order chi connectivity index (χ1) is 7.88. The van der Waals surface area contributed by atoms with Crippen LogP contribution in [0.3, 0.4) is 0 Å². The van der Waals surface area contributed by atoms with E-state index in [2.05, 4.69) is 9.97 Å². The van der Waals surface area contributed by atoms with Crippen molar-refractivity contribution < 1.29 is 8.42 Å². The quantitative estimate of drug-likeness (QED) is 0.739. The highest BCUT2D eigenvalue weighted by Crippen LogP contribution is 2.32. The van der Waals surface area contributed by atoms with Gasteiger partial charge in [0.15, 0.2) is 0 Å². The maximum Gasteiger partial charge on any atom is 0.252 e. The smallest absolute Gasteiger partial charge is 0.252 e. The number of H-pyrrole nitrogens is 1. The predicted octanol–water partition coefficient (Wildman–Crippen LogP) is -0.551. The Labute approximate surface area is 98.7 Å². The normalized spacial score (nSPS) is 21.8. The van der Waals surface area contributed by atoms with Crippen molar-refractivity contribution in [1.29, 1.82) is 0 Å². The lowest BCUT2D eigenvalue weighted by Gasteiger charge is -2.21. The van der Waals surface area contributed by atoms with Gasteiger partial charge in [0.2, 0.25) is 16.0 Å². The summed E-state index contributed by atoms with van der Waals surface area (Å²) >= 11 is 0. The largest absolute Gasteiger partial charge is 0.369 e. The van der Waals surface area contributed by atoms with Crippen LogP contribution in [0.15, 0.2) is 10.9 Å². The van der Waals surface area contributed by atoms with Crippen LogP contribution in [0.5, 0.6) is 0 Å². The highest BCUT2D eigenvalue weighted by Gasteiger charge is 2.33. The Bertz CT molecular complexity index is 580. The fraction of sp³-hybridized carbons (Fsp3) is 0.556. The Balaban J connectivity index is 2.42. The zero-order valence-electron chi connectivity index (χ0n) is 9.38. The summed E-state index contributed by atoms with van der Waals surface area (Å²) in [5, 5.41) is 0. The number of sulfonamides is 1. The number of rotatable bonds is 2. The van der Waals surface area contributed by atoms with E-state index in [0.717, 1.165) is 12.7 Å². The van der Waals surface area contributed by atoms with Gasteiger partial charge in [-0.2, -0.15) is 4.31 Å². The summed E-state index contributed by atoms with van der Waals surface area (Å²) in [7, 11) is -3.29. The molecule has 3 N–H and O–H groups in total. The van der Waals surface area contributed by atoms with E-state index in [9.17, 15) is 13.2 Å². The van der Waals surface area contributed by atoms with Gasteiger partial charge in [0.1, 0.15) is 0 Å². The van der Waals surface area contributed by atoms with Crippen molar-refractivity contribution in [2.75, 3.05) is 18.5 Å². The van der Waals surface area contributed by atoms with Crippen LogP contribution >= 0.6 is 0 Å². The van der Waals surface area contributed by atoms with Gasteiger partial charge in [0.05, 0.1) is 18.0 Å². The summed E-state index contributed by atoms with van der Waals surface area (Å²) in [6, 6.07) is 0.916. The SMILES string of the molecule is CS(=O)(=O)N1CCC[C@H]1c1cc(=O)[nH]c(N)n1. The molecule has 2 heterocycles. The molecule has 1 aromatic rings. The number of nitrogens with two attached hydrogens (primary N) is 1. The summed E-state index contributed by atoms with van der Waals surface area (Å²) in [5.41, 5.74) is 5.49. The molecule has 7 nitrogen and oxygen atoms in total. The average molecular weight is 258 g/mol. The second-order valence-corrected chi connectivity index (χ2v) is 6.02. The van der Waals surface area contributed by atoms with Crippen molar-refractivity contribution in [3.05, 3.63) is 22.1 Å². The summed E-state index contributed by atoms with van der Waals surface area (Å²) in [6.45, 7) is 0.456. The molecule has 0 amide bonds. The maximum absolute atomic E-state index is 11.6. The van der Waals surface area contributed by atoms with Crippen LogP contribution in [0.4, 0.5) is 5.95 Å². The minimum absolute atomic E-state index is 0.00727. The Morgan fingerprint density at radius 1 is 1.59 bits per heavy atom. The van der Waals surface area contributed by atoms with Crippen molar-refractivity contribution in [3.8, 4) is 0 Å². The Hall–Kier alpha value is -1.41. The van der Waals surface area contributed by atoms with E-state index >= 15 is 0 Å². The number of aromatic amines is 1. The van der Waals surface area contributed by atoms with Gasteiger partial charge in [-0.1, -0.05) is 0 Å². The molecule has 2 rings (SSSR count). The molecular weight excluding hydrogens is 244 g/mol. The number of nitrogen functional groups attached to an aromatic ring is 1. The molecular formula is C9H14N4O3S. The van der Waals surface area contributed by atoms with E-state index in [1.807, 2.05) is 0 Å². The number of nitrogens with zero attached hydrogens (tertiary/aromatic N) is 2. The number of hydrogen-bond donors (Lipinski definition) is 2. The summed E-state index contributed by atoms with van der Waals surface area (Å²) in [4.78, 5) is 17.6. The number of hydrogen-bond acceptors (Lipinski definition) is 5. The fourth-order valence-corrected chi connectivity index (χ4v) is 3.24. The van der Waals surface area contributed by atoms with Crippen molar-refractivity contribution in [2.24, 2.45) is 0 Å². The van der Waals surface area contributed by atoms with Gasteiger partial charge in [-0.05, 0) is 12.8 Å². The molecule has 1 aliphatic heterocycles. The lowest BCUT2D eigenvalue weighted by Crippen LogP contribution is -2.30. The van der Waals surface area contributed by atoms with Crippen LogP contribution in [-0.2, 0) is 10.0 Å². The topological polar surface area (TPSA) is 109 Å². The molecule has 94 valence electrons. The van der Waals surface area contributed by atoms with Crippen LogP contribution in [0, 0.1) is 0 Å². The molecule has 17 heavy (non-hydrogen) atoms. The summed E-state index contributed by atoms with van der Waals surface area (Å²) in [6.07, 6.45) is 2.57. The Morgan fingerprint density at radius 3 is 2.88 bits per heavy atom. The average Bonchev–Trinajstić information content (AvgIpc) is 2.63. The van der Waals surface area contributed by atoms with Crippen LogP contribution in [-0.4, -0.2) is 35.5 Å². The molecule has 0 spiro atoms. The monoisotopic (exact) mass is 258 g/mol. The van der Waals surface area contributed by atoms with Crippen molar-refractivity contribution in [1.82, 2.24) is 14.3 Å². The van der Waals surface area contributed by atoms with Crippen LogP contribution in [0.1, 0.15) is 24.6 Å². The zero-order valence-corrected chi connectivity index (χ0v) is 10.2. The third-order valence-corrected chi connectivity index (χ3v) is 4.04. The van der Waals surface area contributed by atoms with Gasteiger partial charge in [-0.25, -0.2) is 13.4 Å². The van der Waals surface area contributed by atoms with Crippen molar-refractivity contribution >= 4 is 16.0 Å². The van der Waals surface area contributed by atoms with E-state index in [1.54, 1.807) is 0 Å². The predicted molar refractivity (Wildman–Crippen MR) is 62.8 cm³/mol. The molecule has 1 fully saturated rings. The van der Waals surface area contributed by atoms with Crippen molar-refractivity contribution in [3.63, 3.8) is 0 Å².